The first-order chi connectivity index (χ1) is 12.3. The van der Waals surface area contributed by atoms with Crippen LogP contribution in [-0.2, 0) is 4.74 Å². The van der Waals surface area contributed by atoms with Gasteiger partial charge in [0.2, 0.25) is 0 Å². The monoisotopic (exact) mass is 341 g/mol. The van der Waals surface area contributed by atoms with Crippen LogP contribution in [0, 0.1) is 5.41 Å². The van der Waals surface area contributed by atoms with E-state index in [0.29, 0.717) is 25.5 Å². The van der Waals surface area contributed by atoms with Crippen molar-refractivity contribution in [2.24, 2.45) is 5.41 Å². The van der Waals surface area contributed by atoms with Gasteiger partial charge in [-0.25, -0.2) is 4.98 Å². The largest absolute Gasteiger partial charge is 0.379 e. The van der Waals surface area contributed by atoms with Gasteiger partial charge in [-0.1, -0.05) is 6.07 Å². The number of hydrogen-bond donors (Lipinski definition) is 1. The molecule has 25 heavy (non-hydrogen) atoms. The van der Waals surface area contributed by atoms with Crippen molar-refractivity contribution in [3.63, 3.8) is 0 Å². The highest BCUT2D eigenvalue weighted by Gasteiger charge is 2.40. The second kappa shape index (κ2) is 6.84. The van der Waals surface area contributed by atoms with Crippen molar-refractivity contribution in [3.05, 3.63) is 42.4 Å². The first kappa shape index (κ1) is 16.1. The molecule has 0 saturated carbocycles. The summed E-state index contributed by atoms with van der Waals surface area (Å²) in [6, 6.07) is 7.71. The van der Waals surface area contributed by atoms with Crippen LogP contribution in [0.15, 0.2) is 36.7 Å². The third kappa shape index (κ3) is 3.37. The summed E-state index contributed by atoms with van der Waals surface area (Å²) in [5.41, 5.74) is 0.496. The molecule has 0 radical (unpaired) electrons. The fourth-order valence-corrected chi connectivity index (χ4v) is 3.90. The summed E-state index contributed by atoms with van der Waals surface area (Å²) in [6.45, 7) is 4.54. The molecular weight excluding hydrogens is 318 g/mol. The van der Waals surface area contributed by atoms with Gasteiger partial charge in [0.1, 0.15) is 11.5 Å². The van der Waals surface area contributed by atoms with E-state index in [2.05, 4.69) is 20.1 Å². The van der Waals surface area contributed by atoms with E-state index >= 15 is 0 Å². The first-order valence-electron chi connectivity index (χ1n) is 8.78. The molecule has 4 rings (SSSR count). The van der Waals surface area contributed by atoms with Crippen LogP contribution in [0.2, 0.25) is 0 Å². The van der Waals surface area contributed by atoms with Gasteiger partial charge in [-0.15, -0.1) is 0 Å². The minimum atomic E-state index is -0.0536. The summed E-state index contributed by atoms with van der Waals surface area (Å²) < 4.78 is 5.93. The lowest BCUT2D eigenvalue weighted by atomic mass is 9.80. The van der Waals surface area contributed by atoms with Gasteiger partial charge in [0, 0.05) is 44.0 Å². The van der Waals surface area contributed by atoms with Gasteiger partial charge in [0.05, 0.1) is 13.2 Å². The van der Waals surface area contributed by atoms with Crippen LogP contribution in [0.1, 0.15) is 23.3 Å². The minimum absolute atomic E-state index is 0.0187. The summed E-state index contributed by atoms with van der Waals surface area (Å²) in [6.07, 6.45) is 5.48. The number of pyridine rings is 1. The zero-order valence-corrected chi connectivity index (χ0v) is 14.2. The maximum absolute atomic E-state index is 12.7. The Morgan fingerprint density at radius 2 is 2.16 bits per heavy atom. The number of nitrogens with zero attached hydrogens (tertiary/aromatic N) is 4. The Morgan fingerprint density at radius 3 is 2.96 bits per heavy atom. The van der Waals surface area contributed by atoms with Crippen LogP contribution < -0.4 is 4.90 Å². The number of carbonyl (C=O) groups is 1. The lowest BCUT2D eigenvalue weighted by Gasteiger charge is -2.43. The second-order valence-corrected chi connectivity index (χ2v) is 6.96. The number of H-pyrrole nitrogens is 1. The molecule has 0 aliphatic carbocycles. The maximum Gasteiger partial charge on any atom is 0.271 e. The lowest BCUT2D eigenvalue weighted by molar-refractivity contribution is 0.0133. The third-order valence-corrected chi connectivity index (χ3v) is 5.09. The van der Waals surface area contributed by atoms with Crippen molar-refractivity contribution >= 4 is 11.7 Å². The van der Waals surface area contributed by atoms with Gasteiger partial charge in [-0.3, -0.25) is 9.89 Å². The fraction of sp³-hybridized carbons (Fsp3) is 0.500. The molecule has 1 atom stereocenters. The predicted octanol–water partition coefficient (Wildman–Crippen LogP) is 1.56. The predicted molar refractivity (Wildman–Crippen MR) is 93.4 cm³/mol. The van der Waals surface area contributed by atoms with E-state index in [9.17, 15) is 4.79 Å². The number of rotatable bonds is 2. The summed E-state index contributed by atoms with van der Waals surface area (Å²) in [4.78, 5) is 21.4. The number of aromatic nitrogens is 3. The number of aromatic amines is 1. The van der Waals surface area contributed by atoms with Gasteiger partial charge in [0.15, 0.2) is 0 Å². The molecule has 2 aliphatic heterocycles. The molecule has 1 N–H and O–H groups in total. The molecule has 2 aromatic heterocycles. The van der Waals surface area contributed by atoms with Gasteiger partial charge in [0.25, 0.3) is 5.91 Å². The third-order valence-electron chi connectivity index (χ3n) is 5.09. The van der Waals surface area contributed by atoms with Crippen molar-refractivity contribution in [3.8, 4) is 0 Å². The number of amides is 1. The molecule has 0 bridgehead atoms. The Bertz CT molecular complexity index is 706. The normalized spacial score (nSPS) is 24.3. The van der Waals surface area contributed by atoms with Crippen LogP contribution in [-0.4, -0.2) is 65.4 Å². The average Bonchev–Trinajstić information content (AvgIpc) is 3.12. The number of likely N-dealkylation sites (tertiary alicyclic amines) is 1. The number of anilines is 1. The number of nitrogens with one attached hydrogen (secondary N) is 1. The average molecular weight is 341 g/mol. The van der Waals surface area contributed by atoms with E-state index < -0.39 is 0 Å². The molecule has 2 aliphatic rings. The second-order valence-electron chi connectivity index (χ2n) is 6.96. The van der Waals surface area contributed by atoms with Crippen molar-refractivity contribution in [2.75, 3.05) is 44.3 Å². The van der Waals surface area contributed by atoms with Crippen LogP contribution in [0.3, 0.4) is 0 Å². The van der Waals surface area contributed by atoms with Gasteiger partial charge < -0.3 is 14.5 Å². The van der Waals surface area contributed by atoms with Crippen molar-refractivity contribution in [1.82, 2.24) is 20.1 Å². The summed E-state index contributed by atoms with van der Waals surface area (Å²) in [5, 5.41) is 6.67. The Kier molecular flexibility index (Phi) is 4.40. The highest BCUT2D eigenvalue weighted by molar-refractivity contribution is 5.92. The van der Waals surface area contributed by atoms with Crippen LogP contribution in [0.4, 0.5) is 5.82 Å². The summed E-state index contributed by atoms with van der Waals surface area (Å²) >= 11 is 0. The van der Waals surface area contributed by atoms with Gasteiger partial charge in [-0.2, -0.15) is 5.10 Å². The van der Waals surface area contributed by atoms with E-state index in [1.807, 2.05) is 29.3 Å². The molecular formula is C18H23N5O2. The van der Waals surface area contributed by atoms with Gasteiger partial charge >= 0.3 is 0 Å². The van der Waals surface area contributed by atoms with Gasteiger partial charge in [-0.05, 0) is 31.0 Å². The molecule has 2 aromatic rings. The number of carbonyl (C=O) groups excluding carboxylic acids is 1. The quantitative estimate of drug-likeness (QED) is 0.897. The zero-order chi connectivity index (χ0) is 17.1. The smallest absolute Gasteiger partial charge is 0.271 e. The van der Waals surface area contributed by atoms with Crippen molar-refractivity contribution in [1.29, 1.82) is 0 Å². The molecule has 7 nitrogen and oxygen atoms in total. The van der Waals surface area contributed by atoms with Crippen LogP contribution in [0.5, 0.6) is 0 Å². The van der Waals surface area contributed by atoms with Crippen LogP contribution >= 0.6 is 0 Å². The zero-order valence-electron chi connectivity index (χ0n) is 14.2. The Hall–Kier alpha value is -2.41. The Balaban J connectivity index is 1.53. The molecule has 4 heterocycles. The molecule has 2 saturated heterocycles. The number of hydrogen-bond acceptors (Lipinski definition) is 5. The summed E-state index contributed by atoms with van der Waals surface area (Å²) in [5.74, 6) is 0.995. The SMILES string of the molecule is O=C(c1ccn[nH]1)N1CCC[C@@]2(COCCN(c3ccccn3)C2)C1. The van der Waals surface area contributed by atoms with E-state index in [-0.39, 0.29) is 11.3 Å². The minimum Gasteiger partial charge on any atom is -0.379 e. The molecule has 2 fully saturated rings. The Labute approximate surface area is 147 Å². The maximum atomic E-state index is 12.7. The summed E-state index contributed by atoms with van der Waals surface area (Å²) in [7, 11) is 0. The molecule has 0 unspecified atom stereocenters. The standard InChI is InChI=1S/C18H23N5O2/c24-17(15-5-8-20-21-15)23-9-3-6-18(13-23)12-22(10-11-25-14-18)16-4-1-2-7-19-16/h1-2,4-5,7-8H,3,6,9-14H2,(H,20,21)/t18-/m0/s1. The van der Waals surface area contributed by atoms with Crippen LogP contribution in [0.25, 0.3) is 0 Å². The number of ether oxygens (including phenoxy) is 1. The first-order valence-corrected chi connectivity index (χ1v) is 8.78. The van der Waals surface area contributed by atoms with Crippen molar-refractivity contribution < 1.29 is 9.53 Å². The Morgan fingerprint density at radius 1 is 1.20 bits per heavy atom. The highest BCUT2D eigenvalue weighted by atomic mass is 16.5. The van der Waals surface area contributed by atoms with E-state index in [4.69, 9.17) is 4.74 Å². The number of piperidine rings is 1. The fourth-order valence-electron chi connectivity index (χ4n) is 3.90. The topological polar surface area (TPSA) is 74.3 Å². The van der Waals surface area contributed by atoms with E-state index in [1.54, 1.807) is 12.3 Å². The van der Waals surface area contributed by atoms with E-state index in [1.165, 1.54) is 0 Å². The lowest BCUT2D eigenvalue weighted by Crippen LogP contribution is -2.52. The molecule has 132 valence electrons. The molecule has 1 spiro atoms. The highest BCUT2D eigenvalue weighted by Crippen LogP contribution is 2.34. The molecule has 7 heteroatoms. The molecule has 1 amide bonds. The van der Waals surface area contributed by atoms with E-state index in [0.717, 1.165) is 38.3 Å². The molecule has 0 aromatic carbocycles. The van der Waals surface area contributed by atoms with Crippen molar-refractivity contribution in [2.45, 2.75) is 12.8 Å².